The molecule has 14 heteroatoms. The number of carbonyl (C=O) groups excluding carboxylic acids is 4. The Balaban J connectivity index is 2.95. The number of aromatic amines is 1. The number of aliphatic hydroxyl groups excluding tert-OH is 1. The van der Waals surface area contributed by atoms with E-state index >= 15 is 0 Å². The molecule has 190 valence electrons. The molecular formula is C20H33N7O7. The number of carbonyl (C=O) groups is 5. The number of aliphatic hydroxyl groups is 1. The highest BCUT2D eigenvalue weighted by Gasteiger charge is 2.33. The average molecular weight is 484 g/mol. The highest BCUT2D eigenvalue weighted by Crippen LogP contribution is 2.08. The number of nitrogens with two attached hydrogens (primary N) is 2. The van der Waals surface area contributed by atoms with Crippen LogP contribution in [0.4, 0.5) is 0 Å². The van der Waals surface area contributed by atoms with E-state index in [9.17, 15) is 29.1 Å². The van der Waals surface area contributed by atoms with Crippen molar-refractivity contribution in [2.24, 2.45) is 17.4 Å². The second-order valence-corrected chi connectivity index (χ2v) is 8.37. The fourth-order valence-electron chi connectivity index (χ4n) is 3.03. The Morgan fingerprint density at radius 2 is 1.62 bits per heavy atom. The summed E-state index contributed by atoms with van der Waals surface area (Å²) >= 11 is 0. The van der Waals surface area contributed by atoms with Gasteiger partial charge in [-0.15, -0.1) is 0 Å². The first-order valence-electron chi connectivity index (χ1n) is 10.6. The number of primary amides is 1. The molecule has 10 N–H and O–H groups in total. The maximum atomic E-state index is 12.9. The van der Waals surface area contributed by atoms with E-state index in [1.807, 2.05) is 13.8 Å². The molecule has 0 aromatic carbocycles. The van der Waals surface area contributed by atoms with Gasteiger partial charge in [-0.05, 0) is 19.3 Å². The summed E-state index contributed by atoms with van der Waals surface area (Å²) in [5.41, 5.74) is 11.7. The molecule has 0 bridgehead atoms. The van der Waals surface area contributed by atoms with Crippen molar-refractivity contribution in [2.75, 3.05) is 0 Å². The zero-order chi connectivity index (χ0) is 26.0. The van der Waals surface area contributed by atoms with Crippen molar-refractivity contribution in [1.82, 2.24) is 25.9 Å². The van der Waals surface area contributed by atoms with Crippen LogP contribution in [0.2, 0.25) is 0 Å². The Bertz CT molecular complexity index is 857. The van der Waals surface area contributed by atoms with Gasteiger partial charge in [-0.2, -0.15) is 0 Å². The summed E-state index contributed by atoms with van der Waals surface area (Å²) in [4.78, 5) is 67.4. The molecule has 0 aliphatic carbocycles. The number of H-pyrrole nitrogens is 1. The van der Waals surface area contributed by atoms with Gasteiger partial charge >= 0.3 is 5.97 Å². The van der Waals surface area contributed by atoms with E-state index in [4.69, 9.17) is 16.6 Å². The minimum atomic E-state index is -1.67. The van der Waals surface area contributed by atoms with Crippen LogP contribution in [0.5, 0.6) is 0 Å². The number of aliphatic carboxylic acids is 1. The molecule has 14 nitrogen and oxygen atoms in total. The van der Waals surface area contributed by atoms with Crippen molar-refractivity contribution in [1.29, 1.82) is 0 Å². The number of amides is 4. The van der Waals surface area contributed by atoms with Gasteiger partial charge in [0.2, 0.25) is 23.6 Å². The molecule has 1 aromatic rings. The maximum absolute atomic E-state index is 12.9. The van der Waals surface area contributed by atoms with Crippen molar-refractivity contribution < 1.29 is 34.2 Å². The van der Waals surface area contributed by atoms with Gasteiger partial charge in [0.25, 0.3) is 0 Å². The molecule has 1 aromatic heterocycles. The average Bonchev–Trinajstić information content (AvgIpc) is 3.22. The third-order valence-electron chi connectivity index (χ3n) is 4.76. The first-order chi connectivity index (χ1) is 15.8. The van der Waals surface area contributed by atoms with Crippen LogP contribution in [-0.2, 0) is 30.4 Å². The van der Waals surface area contributed by atoms with Gasteiger partial charge in [0.05, 0.1) is 24.9 Å². The molecule has 0 radical (unpaired) electrons. The molecule has 0 saturated heterocycles. The van der Waals surface area contributed by atoms with Crippen LogP contribution in [0, 0.1) is 5.92 Å². The summed E-state index contributed by atoms with van der Waals surface area (Å²) in [5, 5.41) is 25.7. The fraction of sp³-hybridized carbons (Fsp3) is 0.600. The van der Waals surface area contributed by atoms with Crippen LogP contribution in [-0.4, -0.2) is 80.1 Å². The smallest absolute Gasteiger partial charge is 0.328 e. The number of hydrogen-bond acceptors (Lipinski definition) is 8. The lowest BCUT2D eigenvalue weighted by atomic mass is 10.0. The second-order valence-electron chi connectivity index (χ2n) is 8.37. The van der Waals surface area contributed by atoms with Crippen LogP contribution in [0.15, 0.2) is 12.5 Å². The number of carboxylic acid groups (broad SMARTS) is 1. The Kier molecular flexibility index (Phi) is 11.1. The van der Waals surface area contributed by atoms with Gasteiger partial charge in [0, 0.05) is 18.3 Å². The highest BCUT2D eigenvalue weighted by atomic mass is 16.4. The monoisotopic (exact) mass is 483 g/mol. The van der Waals surface area contributed by atoms with Crippen LogP contribution in [0.25, 0.3) is 0 Å². The number of carboxylic acids is 1. The van der Waals surface area contributed by atoms with E-state index in [1.165, 1.54) is 12.5 Å². The van der Waals surface area contributed by atoms with E-state index in [-0.39, 0.29) is 18.8 Å². The normalized spacial score (nSPS) is 15.5. The molecule has 4 amide bonds. The summed E-state index contributed by atoms with van der Waals surface area (Å²) in [6.45, 7) is 4.77. The molecule has 1 heterocycles. The van der Waals surface area contributed by atoms with E-state index in [0.29, 0.717) is 5.69 Å². The van der Waals surface area contributed by atoms with Gasteiger partial charge < -0.3 is 42.6 Å². The number of nitrogens with zero attached hydrogens (tertiary/aromatic N) is 1. The van der Waals surface area contributed by atoms with Gasteiger partial charge in [0.1, 0.15) is 12.1 Å². The Labute approximate surface area is 196 Å². The number of nitrogens with one attached hydrogen (secondary N) is 4. The van der Waals surface area contributed by atoms with E-state index in [2.05, 4.69) is 25.9 Å². The van der Waals surface area contributed by atoms with E-state index in [0.717, 1.165) is 6.92 Å². The molecule has 5 unspecified atom stereocenters. The molecule has 5 atom stereocenters. The molecular weight excluding hydrogens is 450 g/mol. The van der Waals surface area contributed by atoms with Crippen molar-refractivity contribution >= 4 is 29.6 Å². The molecule has 0 aliphatic heterocycles. The maximum Gasteiger partial charge on any atom is 0.328 e. The predicted molar refractivity (Wildman–Crippen MR) is 119 cm³/mol. The molecule has 0 saturated carbocycles. The van der Waals surface area contributed by atoms with Crippen molar-refractivity contribution in [3.05, 3.63) is 18.2 Å². The van der Waals surface area contributed by atoms with Gasteiger partial charge in [0.15, 0.2) is 6.04 Å². The van der Waals surface area contributed by atoms with Crippen LogP contribution in [0.3, 0.4) is 0 Å². The fourth-order valence-corrected chi connectivity index (χ4v) is 3.03. The van der Waals surface area contributed by atoms with Crippen molar-refractivity contribution in [3.8, 4) is 0 Å². The van der Waals surface area contributed by atoms with E-state index in [1.54, 1.807) is 0 Å². The third-order valence-corrected chi connectivity index (χ3v) is 4.76. The lowest BCUT2D eigenvalue weighted by Gasteiger charge is -2.26. The summed E-state index contributed by atoms with van der Waals surface area (Å²) in [7, 11) is 0. The molecule has 0 aliphatic rings. The summed E-state index contributed by atoms with van der Waals surface area (Å²) in [6, 6.07) is -5.30. The summed E-state index contributed by atoms with van der Waals surface area (Å²) in [6.07, 6.45) is 1.19. The second kappa shape index (κ2) is 13.3. The lowest BCUT2D eigenvalue weighted by molar-refractivity contribution is -0.145. The first kappa shape index (κ1) is 28.5. The minimum absolute atomic E-state index is 0.0464. The molecule has 0 fully saturated rings. The predicted octanol–water partition coefficient (Wildman–Crippen LogP) is -2.88. The standard InChI is InChI=1S/C20H33N7O7/c1-9(2)4-13(25-17(30)12(21)5-11-7-23-8-24-11)18(31)26-14(6-15(22)29)19(32)27-16(10(3)28)20(33)34/h7-10,12-14,16,28H,4-6,21H2,1-3H3,(H2,22,29)(H,23,24)(H,25,30)(H,26,31)(H,27,32)(H,33,34). The van der Waals surface area contributed by atoms with Gasteiger partial charge in [-0.3, -0.25) is 19.2 Å². The number of rotatable bonds is 14. The van der Waals surface area contributed by atoms with Crippen molar-refractivity contribution in [2.45, 2.75) is 70.3 Å². The Morgan fingerprint density at radius 1 is 1.03 bits per heavy atom. The number of imidazole rings is 1. The third kappa shape index (κ3) is 9.54. The SMILES string of the molecule is CC(C)CC(NC(=O)C(N)Cc1cnc[nH]1)C(=O)NC(CC(N)=O)C(=O)NC(C(=O)O)C(C)O. The molecule has 34 heavy (non-hydrogen) atoms. The highest BCUT2D eigenvalue weighted by molar-refractivity contribution is 5.96. The quantitative estimate of drug-likeness (QED) is 0.135. The number of hydrogen-bond donors (Lipinski definition) is 8. The van der Waals surface area contributed by atoms with Crippen molar-refractivity contribution in [3.63, 3.8) is 0 Å². The molecule has 0 spiro atoms. The first-order valence-corrected chi connectivity index (χ1v) is 10.6. The zero-order valence-corrected chi connectivity index (χ0v) is 19.3. The summed E-state index contributed by atoms with van der Waals surface area (Å²) in [5.74, 6) is -4.94. The summed E-state index contributed by atoms with van der Waals surface area (Å²) < 4.78 is 0. The minimum Gasteiger partial charge on any atom is -0.480 e. The van der Waals surface area contributed by atoms with E-state index < -0.39 is 66.3 Å². The van der Waals surface area contributed by atoms with Gasteiger partial charge in [-0.1, -0.05) is 13.8 Å². The largest absolute Gasteiger partial charge is 0.480 e. The lowest BCUT2D eigenvalue weighted by Crippen LogP contribution is -2.59. The zero-order valence-electron chi connectivity index (χ0n) is 19.3. The number of aromatic nitrogens is 2. The topological polar surface area (TPSA) is 243 Å². The van der Waals surface area contributed by atoms with Crippen LogP contribution in [0.1, 0.15) is 39.3 Å². The van der Waals surface area contributed by atoms with Gasteiger partial charge in [-0.25, -0.2) is 9.78 Å². The Hall–Kier alpha value is -3.52. The van der Waals surface area contributed by atoms with Crippen LogP contribution >= 0.6 is 0 Å². The van der Waals surface area contributed by atoms with Crippen LogP contribution < -0.4 is 27.4 Å². The molecule has 1 rings (SSSR count). The Morgan fingerprint density at radius 3 is 2.09 bits per heavy atom.